The maximum atomic E-state index is 12.4. The molecule has 3 aromatic rings. The molecular weight excluding hydrogens is 382 g/mol. The fourth-order valence-electron chi connectivity index (χ4n) is 2.77. The van der Waals surface area contributed by atoms with Crippen LogP contribution in [0.5, 0.6) is 0 Å². The minimum absolute atomic E-state index is 0.0281. The molecule has 1 heterocycles. The van der Waals surface area contributed by atoms with E-state index in [2.05, 4.69) is 11.9 Å². The number of rotatable bonds is 7. The van der Waals surface area contributed by atoms with Crippen LogP contribution in [0.4, 0.5) is 0 Å². The summed E-state index contributed by atoms with van der Waals surface area (Å²) in [6.45, 7) is 4.76. The molecule has 8 heteroatoms. The highest BCUT2D eigenvalue weighted by molar-refractivity contribution is 7.99. The van der Waals surface area contributed by atoms with E-state index in [0.717, 1.165) is 24.0 Å². The number of ketones is 1. The third-order valence-corrected chi connectivity index (χ3v) is 6.05. The summed E-state index contributed by atoms with van der Waals surface area (Å²) in [5.74, 6) is 0.290. The molecule has 1 aromatic heterocycles. The number of aryl methyl sites for hydroxylation is 2. The molecular formula is C19H21N3O3S2. The monoisotopic (exact) mass is 403 g/mol. The molecule has 0 fully saturated rings. The fraction of sp³-hybridized carbons (Fsp3) is 0.263. The van der Waals surface area contributed by atoms with Crippen LogP contribution in [0.1, 0.15) is 29.3 Å². The van der Waals surface area contributed by atoms with E-state index < -0.39 is 10.0 Å². The lowest BCUT2D eigenvalue weighted by atomic mass is 10.1. The zero-order chi connectivity index (χ0) is 19.6. The first-order chi connectivity index (χ1) is 12.8. The second kappa shape index (κ2) is 7.84. The highest BCUT2D eigenvalue weighted by atomic mass is 32.2. The number of carbonyl (C=O) groups is 1. The number of sulfonamides is 1. The van der Waals surface area contributed by atoms with Crippen molar-refractivity contribution in [1.29, 1.82) is 0 Å². The number of fused-ring (bicyclic) bond motifs is 1. The standard InChI is InChI=1S/C19H21N3O3S2/c1-3-10-22-17-9-8-15(27(20,24)25)11-16(17)21-19(22)26-12-18(23)14-6-4-13(2)5-7-14/h4-9,11H,3,10,12H2,1-2H3,(H2,20,24,25). The maximum Gasteiger partial charge on any atom is 0.238 e. The number of thioether (sulfide) groups is 1. The van der Waals surface area contributed by atoms with E-state index in [9.17, 15) is 13.2 Å². The van der Waals surface area contributed by atoms with Gasteiger partial charge in [-0.05, 0) is 31.5 Å². The summed E-state index contributed by atoms with van der Waals surface area (Å²) >= 11 is 1.35. The van der Waals surface area contributed by atoms with Gasteiger partial charge in [0, 0.05) is 12.1 Å². The number of carbonyl (C=O) groups excluding carboxylic acids is 1. The molecule has 0 aliphatic carbocycles. The van der Waals surface area contributed by atoms with Crippen LogP contribution >= 0.6 is 11.8 Å². The van der Waals surface area contributed by atoms with E-state index in [1.54, 1.807) is 6.07 Å². The second-order valence-corrected chi connectivity index (χ2v) is 8.82. The average molecular weight is 404 g/mol. The highest BCUT2D eigenvalue weighted by Crippen LogP contribution is 2.27. The first-order valence-corrected chi connectivity index (χ1v) is 11.1. The van der Waals surface area contributed by atoms with Crippen molar-refractivity contribution in [3.63, 3.8) is 0 Å². The first-order valence-electron chi connectivity index (χ1n) is 8.55. The molecule has 0 aliphatic rings. The number of benzene rings is 2. The summed E-state index contributed by atoms with van der Waals surface area (Å²) in [6, 6.07) is 12.2. The SMILES string of the molecule is CCCn1c(SCC(=O)c2ccc(C)cc2)nc2cc(S(N)(=O)=O)ccc21. The van der Waals surface area contributed by atoms with Gasteiger partial charge in [-0.2, -0.15) is 0 Å². The van der Waals surface area contributed by atoms with Crippen LogP contribution in [0.25, 0.3) is 11.0 Å². The van der Waals surface area contributed by atoms with Crippen molar-refractivity contribution in [2.75, 3.05) is 5.75 Å². The smallest absolute Gasteiger partial charge is 0.238 e. The Morgan fingerprint density at radius 1 is 1.19 bits per heavy atom. The predicted octanol–water partition coefficient (Wildman–Crippen LogP) is 3.38. The van der Waals surface area contributed by atoms with E-state index in [-0.39, 0.29) is 16.4 Å². The molecule has 0 saturated carbocycles. The lowest BCUT2D eigenvalue weighted by Gasteiger charge is -2.07. The molecule has 6 nitrogen and oxygen atoms in total. The predicted molar refractivity (Wildman–Crippen MR) is 108 cm³/mol. The van der Waals surface area contributed by atoms with Gasteiger partial charge in [0.1, 0.15) is 0 Å². The van der Waals surface area contributed by atoms with Gasteiger partial charge < -0.3 is 4.57 Å². The Labute approximate surface area is 162 Å². The van der Waals surface area contributed by atoms with Crippen LogP contribution < -0.4 is 5.14 Å². The number of hydrogen-bond acceptors (Lipinski definition) is 5. The Balaban J connectivity index is 1.89. The summed E-state index contributed by atoms with van der Waals surface area (Å²) in [6.07, 6.45) is 0.891. The van der Waals surface area contributed by atoms with Crippen LogP contribution in [0, 0.1) is 6.92 Å². The van der Waals surface area contributed by atoms with Crippen LogP contribution in [0.3, 0.4) is 0 Å². The Morgan fingerprint density at radius 3 is 2.52 bits per heavy atom. The molecule has 3 rings (SSSR count). The quantitative estimate of drug-likeness (QED) is 0.482. The highest BCUT2D eigenvalue weighted by Gasteiger charge is 2.16. The van der Waals surface area contributed by atoms with E-state index in [0.29, 0.717) is 16.2 Å². The third-order valence-electron chi connectivity index (χ3n) is 4.17. The van der Waals surface area contributed by atoms with Gasteiger partial charge >= 0.3 is 0 Å². The van der Waals surface area contributed by atoms with Crippen molar-refractivity contribution in [3.8, 4) is 0 Å². The Kier molecular flexibility index (Phi) is 5.69. The zero-order valence-electron chi connectivity index (χ0n) is 15.2. The van der Waals surface area contributed by atoms with Gasteiger partial charge in [-0.15, -0.1) is 0 Å². The topological polar surface area (TPSA) is 95.0 Å². The Hall–Kier alpha value is -2.16. The lowest BCUT2D eigenvalue weighted by Crippen LogP contribution is -2.11. The van der Waals surface area contributed by atoms with Crippen LogP contribution in [-0.2, 0) is 16.6 Å². The molecule has 0 spiro atoms. The number of aromatic nitrogens is 2. The summed E-state index contributed by atoms with van der Waals surface area (Å²) in [5.41, 5.74) is 3.16. The molecule has 0 bridgehead atoms. The number of primary sulfonamides is 1. The van der Waals surface area contributed by atoms with Gasteiger partial charge in [0.15, 0.2) is 10.9 Å². The summed E-state index contributed by atoms with van der Waals surface area (Å²) in [7, 11) is -3.79. The van der Waals surface area contributed by atoms with Gasteiger partial charge in [0.05, 0.1) is 21.7 Å². The summed E-state index contributed by atoms with van der Waals surface area (Å²) < 4.78 is 25.2. The second-order valence-electron chi connectivity index (χ2n) is 6.32. The van der Waals surface area contributed by atoms with Crippen molar-refractivity contribution < 1.29 is 13.2 Å². The number of nitrogens with zero attached hydrogens (tertiary/aromatic N) is 2. The Bertz CT molecular complexity index is 1090. The molecule has 0 aliphatic heterocycles. The molecule has 142 valence electrons. The van der Waals surface area contributed by atoms with Crippen LogP contribution in [0.15, 0.2) is 52.5 Å². The summed E-state index contributed by atoms with van der Waals surface area (Å²) in [4.78, 5) is 17.0. The van der Waals surface area contributed by atoms with Gasteiger partial charge in [-0.3, -0.25) is 4.79 Å². The van der Waals surface area contributed by atoms with Crippen molar-refractivity contribution >= 4 is 38.6 Å². The molecule has 27 heavy (non-hydrogen) atoms. The third kappa shape index (κ3) is 4.40. The first kappa shape index (κ1) is 19.6. The lowest BCUT2D eigenvalue weighted by molar-refractivity contribution is 0.102. The number of nitrogens with two attached hydrogens (primary N) is 1. The minimum atomic E-state index is -3.79. The van der Waals surface area contributed by atoms with Crippen molar-refractivity contribution in [1.82, 2.24) is 9.55 Å². The number of imidazole rings is 1. The van der Waals surface area contributed by atoms with Gasteiger partial charge in [0.2, 0.25) is 10.0 Å². The fourth-order valence-corrected chi connectivity index (χ4v) is 4.24. The molecule has 0 unspecified atom stereocenters. The Morgan fingerprint density at radius 2 is 1.89 bits per heavy atom. The average Bonchev–Trinajstić information content (AvgIpc) is 2.97. The van der Waals surface area contributed by atoms with Crippen molar-refractivity contribution in [2.24, 2.45) is 5.14 Å². The maximum absolute atomic E-state index is 12.4. The summed E-state index contributed by atoms with van der Waals surface area (Å²) in [5, 5.41) is 5.91. The largest absolute Gasteiger partial charge is 0.319 e. The molecule has 0 amide bonds. The van der Waals surface area contributed by atoms with Crippen molar-refractivity contribution in [2.45, 2.75) is 36.9 Å². The van der Waals surface area contributed by atoms with E-state index >= 15 is 0 Å². The van der Waals surface area contributed by atoms with E-state index in [1.165, 1.54) is 23.9 Å². The van der Waals surface area contributed by atoms with Crippen LogP contribution in [0.2, 0.25) is 0 Å². The molecule has 0 saturated heterocycles. The zero-order valence-corrected chi connectivity index (χ0v) is 16.8. The van der Waals surface area contributed by atoms with Gasteiger partial charge in [0.25, 0.3) is 0 Å². The number of Topliss-reactive ketones (excluding diaryl/α,β-unsaturated/α-hetero) is 1. The molecule has 0 radical (unpaired) electrons. The normalized spacial score (nSPS) is 11.8. The number of hydrogen-bond donors (Lipinski definition) is 1. The molecule has 2 aromatic carbocycles. The van der Waals surface area contributed by atoms with E-state index in [4.69, 9.17) is 5.14 Å². The van der Waals surface area contributed by atoms with Gasteiger partial charge in [-0.1, -0.05) is 48.5 Å². The van der Waals surface area contributed by atoms with Crippen LogP contribution in [-0.4, -0.2) is 29.5 Å². The molecule has 0 atom stereocenters. The van der Waals surface area contributed by atoms with Crippen molar-refractivity contribution in [3.05, 3.63) is 53.6 Å². The van der Waals surface area contributed by atoms with Gasteiger partial charge in [-0.25, -0.2) is 18.5 Å². The molecule has 2 N–H and O–H groups in total. The minimum Gasteiger partial charge on any atom is -0.319 e. The van der Waals surface area contributed by atoms with E-state index in [1.807, 2.05) is 35.8 Å².